The van der Waals surface area contributed by atoms with Crippen LogP contribution in [-0.4, -0.2) is 41.1 Å². The molecule has 0 aliphatic rings. The first kappa shape index (κ1) is 15.4. The van der Waals surface area contributed by atoms with Crippen molar-refractivity contribution in [2.75, 3.05) is 7.11 Å². The molecule has 1 heterocycles. The number of carbonyl (C=O) groups excluding carboxylic acids is 2. The fourth-order valence-corrected chi connectivity index (χ4v) is 1.46. The number of carboxylic acids is 1. The van der Waals surface area contributed by atoms with Gasteiger partial charge in [-0.3, -0.25) is 14.4 Å². The van der Waals surface area contributed by atoms with E-state index in [0.717, 1.165) is 0 Å². The second kappa shape index (κ2) is 7.07. The van der Waals surface area contributed by atoms with Crippen LogP contribution in [0, 0.1) is 0 Å². The minimum absolute atomic E-state index is 0.127. The largest absolute Gasteiger partial charge is 0.480 e. The Hall–Kier alpha value is -2.64. The number of nitrogens with one attached hydrogen (secondary N) is 2. The molecule has 1 atom stereocenters. The molecule has 0 saturated carbocycles. The van der Waals surface area contributed by atoms with Gasteiger partial charge in [0.25, 0.3) is 11.5 Å². The van der Waals surface area contributed by atoms with E-state index in [1.54, 1.807) is 0 Å². The van der Waals surface area contributed by atoms with Crippen LogP contribution in [0.15, 0.2) is 23.1 Å². The molecule has 0 fully saturated rings. The van der Waals surface area contributed by atoms with Crippen LogP contribution in [0.1, 0.15) is 23.2 Å². The summed E-state index contributed by atoms with van der Waals surface area (Å²) in [5.41, 5.74) is -0.820. The predicted molar refractivity (Wildman–Crippen MR) is 67.2 cm³/mol. The number of carboxylic acid groups (broad SMARTS) is 1. The number of hydrogen-bond donors (Lipinski definition) is 3. The smallest absolute Gasteiger partial charge is 0.326 e. The van der Waals surface area contributed by atoms with Gasteiger partial charge in [0.1, 0.15) is 11.6 Å². The summed E-state index contributed by atoms with van der Waals surface area (Å²) in [5.74, 6) is -2.69. The number of rotatable bonds is 6. The van der Waals surface area contributed by atoms with Gasteiger partial charge in [-0.1, -0.05) is 0 Å². The molecule has 0 aromatic carbocycles. The summed E-state index contributed by atoms with van der Waals surface area (Å²) in [6.07, 6.45) is 1.07. The topological polar surface area (TPSA) is 126 Å². The van der Waals surface area contributed by atoms with E-state index in [4.69, 9.17) is 5.11 Å². The van der Waals surface area contributed by atoms with Crippen LogP contribution in [0.4, 0.5) is 0 Å². The van der Waals surface area contributed by atoms with Crippen LogP contribution in [0.25, 0.3) is 0 Å². The Bertz CT molecular complexity index is 565. The summed E-state index contributed by atoms with van der Waals surface area (Å²) in [6, 6.07) is 1.44. The van der Waals surface area contributed by atoms with Crippen molar-refractivity contribution in [3.8, 4) is 0 Å². The van der Waals surface area contributed by atoms with E-state index in [1.165, 1.54) is 25.4 Å². The molecule has 108 valence electrons. The van der Waals surface area contributed by atoms with Crippen LogP contribution >= 0.6 is 0 Å². The van der Waals surface area contributed by atoms with Crippen molar-refractivity contribution >= 4 is 17.8 Å². The van der Waals surface area contributed by atoms with Gasteiger partial charge >= 0.3 is 11.9 Å². The first-order chi connectivity index (χ1) is 9.45. The molecule has 20 heavy (non-hydrogen) atoms. The lowest BCUT2D eigenvalue weighted by atomic mass is 10.1. The van der Waals surface area contributed by atoms with E-state index in [2.05, 4.69) is 15.0 Å². The normalized spacial score (nSPS) is 11.4. The zero-order valence-electron chi connectivity index (χ0n) is 10.7. The van der Waals surface area contributed by atoms with Gasteiger partial charge in [-0.05, 0) is 18.6 Å². The number of aromatic nitrogens is 1. The summed E-state index contributed by atoms with van der Waals surface area (Å²) >= 11 is 0. The van der Waals surface area contributed by atoms with Crippen LogP contribution in [0.3, 0.4) is 0 Å². The summed E-state index contributed by atoms with van der Waals surface area (Å²) in [6.45, 7) is 0. The molecule has 1 aromatic rings. The van der Waals surface area contributed by atoms with Crippen molar-refractivity contribution in [3.05, 3.63) is 34.2 Å². The highest BCUT2D eigenvalue weighted by Gasteiger charge is 2.22. The number of hydrogen-bond acceptors (Lipinski definition) is 5. The molecule has 0 aliphatic carbocycles. The van der Waals surface area contributed by atoms with E-state index in [0.29, 0.717) is 0 Å². The number of amides is 1. The van der Waals surface area contributed by atoms with Gasteiger partial charge < -0.3 is 20.1 Å². The lowest BCUT2D eigenvalue weighted by Gasteiger charge is -2.13. The number of pyridine rings is 1. The fraction of sp³-hybridized carbons (Fsp3) is 0.333. The van der Waals surface area contributed by atoms with Gasteiger partial charge in [-0.2, -0.15) is 0 Å². The third-order valence-corrected chi connectivity index (χ3v) is 2.53. The molecule has 0 saturated heterocycles. The Labute approximate surface area is 113 Å². The minimum Gasteiger partial charge on any atom is -0.480 e. The van der Waals surface area contributed by atoms with Crippen molar-refractivity contribution < 1.29 is 24.2 Å². The highest BCUT2D eigenvalue weighted by atomic mass is 16.5. The standard InChI is InChI=1S/C12H14N2O6/c1-20-9(15)5-4-8(12(18)19)14-11(17)7-3-2-6-13-10(7)16/h2-3,6,8H,4-5H2,1H3,(H,13,16)(H,14,17)(H,18,19)/t8-/m1/s1. The third kappa shape index (κ3) is 4.23. The molecule has 0 radical (unpaired) electrons. The molecule has 1 rings (SSSR count). The van der Waals surface area contributed by atoms with Gasteiger partial charge in [0, 0.05) is 12.6 Å². The maximum Gasteiger partial charge on any atom is 0.326 e. The second-order valence-electron chi connectivity index (χ2n) is 3.89. The number of aliphatic carboxylic acids is 1. The first-order valence-corrected chi connectivity index (χ1v) is 5.74. The zero-order valence-corrected chi connectivity index (χ0v) is 10.7. The monoisotopic (exact) mass is 282 g/mol. The van der Waals surface area contributed by atoms with Crippen LogP contribution in [-0.2, 0) is 14.3 Å². The lowest BCUT2D eigenvalue weighted by Crippen LogP contribution is -2.42. The van der Waals surface area contributed by atoms with Crippen LogP contribution < -0.4 is 10.9 Å². The summed E-state index contributed by atoms with van der Waals surface area (Å²) in [7, 11) is 1.18. The molecular weight excluding hydrogens is 268 g/mol. The third-order valence-electron chi connectivity index (χ3n) is 2.53. The van der Waals surface area contributed by atoms with Gasteiger partial charge in [-0.25, -0.2) is 4.79 Å². The summed E-state index contributed by atoms with van der Waals surface area (Å²) in [4.78, 5) is 47.4. The molecule has 3 N–H and O–H groups in total. The van der Waals surface area contributed by atoms with E-state index >= 15 is 0 Å². The molecule has 0 spiro atoms. The maximum absolute atomic E-state index is 11.8. The number of carbonyl (C=O) groups is 3. The van der Waals surface area contributed by atoms with Crippen molar-refractivity contribution in [1.82, 2.24) is 10.3 Å². The molecule has 1 aromatic heterocycles. The number of ether oxygens (including phenoxy) is 1. The molecular formula is C12H14N2O6. The SMILES string of the molecule is COC(=O)CC[C@@H](NC(=O)c1ccc[nH]c1=O)C(=O)O. The maximum atomic E-state index is 11.8. The quantitative estimate of drug-likeness (QED) is 0.604. The highest BCUT2D eigenvalue weighted by molar-refractivity contribution is 5.96. The fourth-order valence-electron chi connectivity index (χ4n) is 1.46. The molecule has 1 amide bonds. The number of esters is 1. The Balaban J connectivity index is 2.74. The number of methoxy groups -OCH3 is 1. The first-order valence-electron chi connectivity index (χ1n) is 5.74. The Morgan fingerprint density at radius 3 is 2.70 bits per heavy atom. The van der Waals surface area contributed by atoms with E-state index in [9.17, 15) is 19.2 Å². The van der Waals surface area contributed by atoms with E-state index < -0.39 is 29.4 Å². The average molecular weight is 282 g/mol. The van der Waals surface area contributed by atoms with Crippen LogP contribution in [0.5, 0.6) is 0 Å². The number of H-pyrrole nitrogens is 1. The van der Waals surface area contributed by atoms with Crippen molar-refractivity contribution in [2.45, 2.75) is 18.9 Å². The van der Waals surface area contributed by atoms with Crippen LogP contribution in [0.2, 0.25) is 0 Å². The average Bonchev–Trinajstić information content (AvgIpc) is 2.42. The minimum atomic E-state index is -1.30. The molecule has 0 unspecified atom stereocenters. The molecule has 0 aliphatic heterocycles. The second-order valence-corrected chi connectivity index (χ2v) is 3.89. The Kier molecular flexibility index (Phi) is 5.45. The molecule has 8 nitrogen and oxygen atoms in total. The summed E-state index contributed by atoms with van der Waals surface area (Å²) < 4.78 is 4.39. The van der Waals surface area contributed by atoms with Crippen molar-refractivity contribution in [1.29, 1.82) is 0 Å². The predicted octanol–water partition coefficient (Wildman–Crippen LogP) is -0.489. The van der Waals surface area contributed by atoms with Gasteiger partial charge in [0.05, 0.1) is 7.11 Å². The Morgan fingerprint density at radius 2 is 2.15 bits per heavy atom. The van der Waals surface area contributed by atoms with Crippen molar-refractivity contribution in [2.24, 2.45) is 0 Å². The van der Waals surface area contributed by atoms with Gasteiger partial charge in [0.15, 0.2) is 0 Å². The molecule has 0 bridgehead atoms. The highest BCUT2D eigenvalue weighted by Crippen LogP contribution is 2.01. The van der Waals surface area contributed by atoms with E-state index in [1.807, 2.05) is 0 Å². The number of aromatic amines is 1. The Morgan fingerprint density at radius 1 is 1.45 bits per heavy atom. The van der Waals surface area contributed by atoms with E-state index in [-0.39, 0.29) is 18.4 Å². The summed E-state index contributed by atoms with van der Waals surface area (Å²) in [5, 5.41) is 11.2. The molecule has 8 heteroatoms. The zero-order chi connectivity index (χ0) is 15.1. The van der Waals surface area contributed by atoms with Gasteiger partial charge in [-0.15, -0.1) is 0 Å². The lowest BCUT2D eigenvalue weighted by molar-refractivity contribution is -0.142. The van der Waals surface area contributed by atoms with Crippen molar-refractivity contribution in [3.63, 3.8) is 0 Å². The van der Waals surface area contributed by atoms with Gasteiger partial charge in [0.2, 0.25) is 0 Å².